The first kappa shape index (κ1) is 22.9. The Hall–Kier alpha value is -2.38. The third-order valence-electron chi connectivity index (χ3n) is 4.63. The summed E-state index contributed by atoms with van der Waals surface area (Å²) in [5.41, 5.74) is 6.92. The summed E-state index contributed by atoms with van der Waals surface area (Å²) in [4.78, 5) is 9.99. The zero-order valence-electron chi connectivity index (χ0n) is 17.0. The van der Waals surface area contributed by atoms with E-state index in [1.165, 1.54) is 12.1 Å². The van der Waals surface area contributed by atoms with Crippen LogP contribution in [0.15, 0.2) is 36.9 Å². The molecule has 0 aliphatic rings. The smallest absolute Gasteiger partial charge is 0.416 e. The van der Waals surface area contributed by atoms with E-state index in [-0.39, 0.29) is 0 Å². The fourth-order valence-electron chi connectivity index (χ4n) is 2.94. The van der Waals surface area contributed by atoms with Crippen LogP contribution in [0.5, 0.6) is 5.75 Å². The number of hydroxylamine groups is 1. The normalized spacial score (nSPS) is 11.5. The average molecular weight is 408 g/mol. The van der Waals surface area contributed by atoms with Crippen LogP contribution in [0.4, 0.5) is 13.2 Å². The maximum absolute atomic E-state index is 12.6. The molecule has 0 saturated carbocycles. The molecule has 0 aliphatic heterocycles. The van der Waals surface area contributed by atoms with Gasteiger partial charge in [-0.2, -0.15) is 13.2 Å². The predicted octanol–water partition coefficient (Wildman–Crippen LogP) is 4.90. The molecule has 7 heteroatoms. The highest BCUT2D eigenvalue weighted by Gasteiger charge is 2.29. The average Bonchev–Trinajstić information content (AvgIpc) is 2.67. The largest absolute Gasteiger partial charge is 0.489 e. The van der Waals surface area contributed by atoms with E-state index in [1.807, 2.05) is 20.8 Å². The van der Waals surface area contributed by atoms with Gasteiger partial charge in [0, 0.05) is 29.1 Å². The molecule has 2 rings (SSSR count). The molecule has 0 spiro atoms. The number of benzene rings is 1. The van der Waals surface area contributed by atoms with Gasteiger partial charge in [0.15, 0.2) is 0 Å². The fourth-order valence-corrected chi connectivity index (χ4v) is 2.94. The van der Waals surface area contributed by atoms with Crippen molar-refractivity contribution in [3.63, 3.8) is 0 Å². The van der Waals surface area contributed by atoms with Crippen LogP contribution >= 0.6 is 0 Å². The minimum absolute atomic E-state index is 0.356. The Balaban J connectivity index is 1.82. The van der Waals surface area contributed by atoms with Crippen LogP contribution in [-0.2, 0) is 23.9 Å². The summed E-state index contributed by atoms with van der Waals surface area (Å²) in [6.45, 7) is 10.9. The van der Waals surface area contributed by atoms with Gasteiger partial charge >= 0.3 is 6.18 Å². The van der Waals surface area contributed by atoms with Crippen LogP contribution in [0.25, 0.3) is 0 Å². The maximum atomic E-state index is 12.6. The highest BCUT2D eigenvalue weighted by Crippen LogP contribution is 2.29. The first-order chi connectivity index (χ1) is 13.7. The Bertz CT molecular complexity index is 818. The highest BCUT2D eigenvalue weighted by atomic mass is 19.4. The lowest BCUT2D eigenvalue weighted by molar-refractivity contribution is -0.137. The second-order valence-electron chi connectivity index (χ2n) is 6.75. The summed E-state index contributed by atoms with van der Waals surface area (Å²) < 4.78 is 43.6. The quantitative estimate of drug-likeness (QED) is 0.345. The lowest BCUT2D eigenvalue weighted by Gasteiger charge is -2.17. The van der Waals surface area contributed by atoms with Gasteiger partial charge in [-0.1, -0.05) is 24.8 Å². The number of hydrogen-bond acceptors (Lipinski definition) is 4. The van der Waals surface area contributed by atoms with Gasteiger partial charge in [-0.15, -0.1) is 0 Å². The van der Waals surface area contributed by atoms with E-state index in [1.54, 1.807) is 6.08 Å². The van der Waals surface area contributed by atoms with E-state index in [0.29, 0.717) is 32.6 Å². The van der Waals surface area contributed by atoms with Crippen molar-refractivity contribution in [2.24, 2.45) is 0 Å². The summed E-state index contributed by atoms with van der Waals surface area (Å²) in [5, 5.41) is 0. The minimum Gasteiger partial charge on any atom is -0.489 e. The SMILES string of the molecule is C=CCOc1c(C)c(C)nc(C)c1CCNOCCc1ccc(C(F)(F)F)cc1. The lowest BCUT2D eigenvalue weighted by atomic mass is 10.0. The van der Waals surface area contributed by atoms with Crippen LogP contribution in [0, 0.1) is 20.8 Å². The topological polar surface area (TPSA) is 43.4 Å². The molecule has 1 aromatic carbocycles. The number of nitrogens with zero attached hydrogens (tertiary/aromatic N) is 1. The molecule has 0 saturated heterocycles. The van der Waals surface area contributed by atoms with E-state index in [4.69, 9.17) is 9.57 Å². The van der Waals surface area contributed by atoms with Gasteiger partial charge < -0.3 is 9.57 Å². The summed E-state index contributed by atoms with van der Waals surface area (Å²) >= 11 is 0. The fraction of sp³-hybridized carbons (Fsp3) is 0.409. The van der Waals surface area contributed by atoms with Gasteiger partial charge in [0.25, 0.3) is 0 Å². The molecule has 2 aromatic rings. The molecule has 0 bridgehead atoms. The van der Waals surface area contributed by atoms with Crippen LogP contribution in [0.3, 0.4) is 0 Å². The third-order valence-corrected chi connectivity index (χ3v) is 4.63. The van der Waals surface area contributed by atoms with Crippen molar-refractivity contribution >= 4 is 0 Å². The van der Waals surface area contributed by atoms with Gasteiger partial charge in [0.05, 0.1) is 12.2 Å². The molecule has 0 atom stereocenters. The zero-order valence-corrected chi connectivity index (χ0v) is 17.0. The molecule has 1 N–H and O–H groups in total. The van der Waals surface area contributed by atoms with Crippen molar-refractivity contribution in [1.82, 2.24) is 10.5 Å². The number of aryl methyl sites for hydroxylation is 2. The van der Waals surface area contributed by atoms with E-state index in [9.17, 15) is 13.2 Å². The van der Waals surface area contributed by atoms with Crippen molar-refractivity contribution in [3.8, 4) is 5.75 Å². The molecule has 0 fully saturated rings. The van der Waals surface area contributed by atoms with E-state index in [0.717, 1.165) is 46.0 Å². The first-order valence-corrected chi connectivity index (χ1v) is 9.45. The molecule has 1 heterocycles. The van der Waals surface area contributed by atoms with E-state index >= 15 is 0 Å². The molecule has 0 aliphatic carbocycles. The minimum atomic E-state index is -4.31. The number of alkyl halides is 3. The molecule has 0 amide bonds. The van der Waals surface area contributed by atoms with Crippen molar-refractivity contribution < 1.29 is 22.7 Å². The zero-order chi connectivity index (χ0) is 21.4. The Labute approximate surface area is 169 Å². The van der Waals surface area contributed by atoms with Crippen LogP contribution in [-0.4, -0.2) is 24.7 Å². The number of ether oxygens (including phenoxy) is 1. The van der Waals surface area contributed by atoms with Gasteiger partial charge in [-0.05, 0) is 51.3 Å². The second-order valence-corrected chi connectivity index (χ2v) is 6.75. The summed E-state index contributed by atoms with van der Waals surface area (Å²) in [5.74, 6) is 0.835. The Kier molecular flexibility index (Phi) is 8.22. The first-order valence-electron chi connectivity index (χ1n) is 9.45. The summed E-state index contributed by atoms with van der Waals surface area (Å²) in [6, 6.07) is 5.12. The highest BCUT2D eigenvalue weighted by molar-refractivity contribution is 5.45. The maximum Gasteiger partial charge on any atom is 0.416 e. The molecule has 0 unspecified atom stereocenters. The molecule has 158 valence electrons. The molecular weight excluding hydrogens is 381 g/mol. The number of hydrogen-bond donors (Lipinski definition) is 1. The second kappa shape index (κ2) is 10.4. The summed E-state index contributed by atoms with van der Waals surface area (Å²) in [7, 11) is 0. The number of pyridine rings is 1. The van der Waals surface area contributed by atoms with Crippen LogP contribution in [0.1, 0.15) is 33.6 Å². The Morgan fingerprint density at radius 1 is 1.07 bits per heavy atom. The van der Waals surface area contributed by atoms with Gasteiger partial charge in [0.1, 0.15) is 12.4 Å². The third kappa shape index (κ3) is 6.58. The lowest BCUT2D eigenvalue weighted by Crippen LogP contribution is -2.20. The van der Waals surface area contributed by atoms with Gasteiger partial charge in [-0.3, -0.25) is 4.98 Å². The standard InChI is InChI=1S/C22H27F3N2O2/c1-5-13-28-21-15(2)16(3)27-17(4)20(21)10-12-26-29-14-11-18-6-8-19(9-7-18)22(23,24)25/h5-9,26H,1,10-14H2,2-4H3. The molecule has 29 heavy (non-hydrogen) atoms. The van der Waals surface area contributed by atoms with Crippen LogP contribution < -0.4 is 10.2 Å². The number of halogens is 3. The van der Waals surface area contributed by atoms with Crippen LogP contribution in [0.2, 0.25) is 0 Å². The predicted molar refractivity (Wildman–Crippen MR) is 107 cm³/mol. The molecule has 4 nitrogen and oxygen atoms in total. The number of nitrogens with one attached hydrogen (secondary N) is 1. The molecular formula is C22H27F3N2O2. The Morgan fingerprint density at radius 2 is 1.76 bits per heavy atom. The monoisotopic (exact) mass is 408 g/mol. The van der Waals surface area contributed by atoms with Gasteiger partial charge in [-0.25, -0.2) is 5.48 Å². The number of rotatable bonds is 10. The molecule has 0 radical (unpaired) electrons. The van der Waals surface area contributed by atoms with E-state index in [2.05, 4.69) is 17.0 Å². The van der Waals surface area contributed by atoms with Crippen molar-refractivity contribution in [2.75, 3.05) is 19.8 Å². The Morgan fingerprint density at radius 3 is 2.38 bits per heavy atom. The van der Waals surface area contributed by atoms with E-state index < -0.39 is 11.7 Å². The van der Waals surface area contributed by atoms with Crippen molar-refractivity contribution in [1.29, 1.82) is 0 Å². The molecule has 1 aromatic heterocycles. The number of aromatic nitrogens is 1. The van der Waals surface area contributed by atoms with Crippen molar-refractivity contribution in [3.05, 3.63) is 70.6 Å². The van der Waals surface area contributed by atoms with Crippen molar-refractivity contribution in [2.45, 2.75) is 39.8 Å². The summed E-state index contributed by atoms with van der Waals surface area (Å²) in [6.07, 6.45) is -1.42. The van der Waals surface area contributed by atoms with Gasteiger partial charge in [0.2, 0.25) is 0 Å².